The van der Waals surface area contributed by atoms with Crippen molar-refractivity contribution in [2.24, 2.45) is 0 Å². The van der Waals surface area contributed by atoms with E-state index < -0.39 is 0 Å². The Kier molecular flexibility index (Phi) is 4.53. The summed E-state index contributed by atoms with van der Waals surface area (Å²) in [5.74, 6) is 0.958. The Morgan fingerprint density at radius 2 is 1.81 bits per heavy atom. The van der Waals surface area contributed by atoms with Gasteiger partial charge in [-0.15, -0.1) is 0 Å². The average Bonchev–Trinajstić information content (AvgIpc) is 2.91. The van der Waals surface area contributed by atoms with E-state index in [0.717, 1.165) is 38.5 Å². The molecule has 1 heterocycles. The van der Waals surface area contributed by atoms with E-state index in [2.05, 4.69) is 46.6 Å². The normalized spacial score (nSPS) is 14.1. The summed E-state index contributed by atoms with van der Waals surface area (Å²) in [4.78, 5) is 2.43. The van der Waals surface area contributed by atoms with Gasteiger partial charge in [-0.2, -0.15) is 0 Å². The first-order valence-corrected chi connectivity index (χ1v) is 7.50. The van der Waals surface area contributed by atoms with Gasteiger partial charge in [0.25, 0.3) is 0 Å². The van der Waals surface area contributed by atoms with Gasteiger partial charge < -0.3 is 10.1 Å². The zero-order valence-electron chi connectivity index (χ0n) is 12.5. The molecule has 1 aliphatic heterocycles. The van der Waals surface area contributed by atoms with Crippen molar-refractivity contribution in [3.05, 3.63) is 65.2 Å². The minimum atomic E-state index is 0.733. The van der Waals surface area contributed by atoms with Gasteiger partial charge in [0.05, 0.1) is 0 Å². The molecule has 1 N–H and O–H groups in total. The first-order chi connectivity index (χ1) is 10.3. The Labute approximate surface area is 126 Å². The third-order valence-corrected chi connectivity index (χ3v) is 3.86. The lowest BCUT2D eigenvalue weighted by molar-refractivity contribution is 0.211. The molecule has 1 aliphatic rings. The van der Waals surface area contributed by atoms with E-state index in [1.165, 1.54) is 16.7 Å². The second-order valence-electron chi connectivity index (χ2n) is 5.51. The van der Waals surface area contributed by atoms with Crippen LogP contribution in [0.2, 0.25) is 0 Å². The number of rotatable bonds is 6. The highest BCUT2D eigenvalue weighted by Gasteiger charge is 2.17. The number of nitrogens with zero attached hydrogens (tertiary/aromatic N) is 1. The molecule has 3 rings (SSSR count). The van der Waals surface area contributed by atoms with Crippen LogP contribution in [0.3, 0.4) is 0 Å². The number of hydrogen-bond donors (Lipinski definition) is 1. The van der Waals surface area contributed by atoms with Crippen molar-refractivity contribution < 1.29 is 4.74 Å². The van der Waals surface area contributed by atoms with Crippen LogP contribution in [-0.2, 0) is 19.6 Å². The summed E-state index contributed by atoms with van der Waals surface area (Å²) in [7, 11) is 1.96. The fraction of sp³-hybridized carbons (Fsp3) is 0.333. The molecular formula is C18H22N2O. The number of benzene rings is 2. The predicted molar refractivity (Wildman–Crippen MR) is 85.3 cm³/mol. The van der Waals surface area contributed by atoms with E-state index >= 15 is 0 Å². The van der Waals surface area contributed by atoms with E-state index in [1.807, 2.05) is 19.2 Å². The predicted octanol–water partition coefficient (Wildman–Crippen LogP) is 2.80. The SMILES string of the molecule is CNCc1cccc(OCCN2Cc3ccccc3C2)c1. The molecule has 3 nitrogen and oxygen atoms in total. The Morgan fingerprint density at radius 3 is 2.52 bits per heavy atom. The van der Waals surface area contributed by atoms with Crippen LogP contribution >= 0.6 is 0 Å². The summed E-state index contributed by atoms with van der Waals surface area (Å²) in [6, 6.07) is 17.0. The third-order valence-electron chi connectivity index (χ3n) is 3.86. The van der Waals surface area contributed by atoms with Crippen molar-refractivity contribution in [1.82, 2.24) is 10.2 Å². The van der Waals surface area contributed by atoms with Crippen LogP contribution in [0.4, 0.5) is 0 Å². The highest BCUT2D eigenvalue weighted by molar-refractivity contribution is 5.30. The van der Waals surface area contributed by atoms with Crippen LogP contribution in [0.25, 0.3) is 0 Å². The van der Waals surface area contributed by atoms with E-state index in [4.69, 9.17) is 4.74 Å². The summed E-state index contributed by atoms with van der Waals surface area (Å²) in [6.45, 7) is 4.65. The van der Waals surface area contributed by atoms with Gasteiger partial charge in [-0.1, -0.05) is 36.4 Å². The fourth-order valence-electron chi connectivity index (χ4n) is 2.80. The lowest BCUT2D eigenvalue weighted by Crippen LogP contribution is -2.22. The second-order valence-corrected chi connectivity index (χ2v) is 5.51. The van der Waals surface area contributed by atoms with Gasteiger partial charge in [0.1, 0.15) is 12.4 Å². The monoisotopic (exact) mass is 282 g/mol. The first-order valence-electron chi connectivity index (χ1n) is 7.50. The van der Waals surface area contributed by atoms with Gasteiger partial charge in [-0.3, -0.25) is 4.90 Å². The number of nitrogens with one attached hydrogen (secondary N) is 1. The fourth-order valence-corrected chi connectivity index (χ4v) is 2.80. The molecule has 0 saturated carbocycles. The minimum absolute atomic E-state index is 0.733. The van der Waals surface area contributed by atoms with Crippen LogP contribution in [0, 0.1) is 0 Å². The largest absolute Gasteiger partial charge is 0.492 e. The van der Waals surface area contributed by atoms with E-state index in [1.54, 1.807) is 0 Å². The second kappa shape index (κ2) is 6.74. The third kappa shape index (κ3) is 3.63. The van der Waals surface area contributed by atoms with E-state index in [9.17, 15) is 0 Å². The van der Waals surface area contributed by atoms with Crippen LogP contribution in [-0.4, -0.2) is 25.1 Å². The molecule has 2 aromatic rings. The van der Waals surface area contributed by atoms with Crippen molar-refractivity contribution in [2.45, 2.75) is 19.6 Å². The van der Waals surface area contributed by atoms with Crippen LogP contribution in [0.15, 0.2) is 48.5 Å². The van der Waals surface area contributed by atoms with Gasteiger partial charge in [0.2, 0.25) is 0 Å². The molecule has 0 radical (unpaired) electrons. The molecule has 0 fully saturated rings. The average molecular weight is 282 g/mol. The Hall–Kier alpha value is -1.84. The Bertz CT molecular complexity index is 572. The zero-order valence-corrected chi connectivity index (χ0v) is 12.5. The summed E-state index contributed by atoms with van der Waals surface area (Å²) in [6.07, 6.45) is 0. The smallest absolute Gasteiger partial charge is 0.119 e. The quantitative estimate of drug-likeness (QED) is 0.881. The van der Waals surface area contributed by atoms with Crippen LogP contribution in [0.1, 0.15) is 16.7 Å². The summed E-state index contributed by atoms with van der Waals surface area (Å²) in [5, 5.41) is 3.16. The Balaban J connectivity index is 1.48. The maximum Gasteiger partial charge on any atom is 0.119 e. The minimum Gasteiger partial charge on any atom is -0.492 e. The standard InChI is InChI=1S/C18H22N2O/c1-19-12-15-5-4-8-18(11-15)21-10-9-20-13-16-6-2-3-7-17(16)14-20/h2-8,11,19H,9-10,12-14H2,1H3. The molecule has 0 amide bonds. The molecule has 21 heavy (non-hydrogen) atoms. The van der Waals surface area contributed by atoms with Crippen LogP contribution in [0.5, 0.6) is 5.75 Å². The molecule has 0 spiro atoms. The summed E-state index contributed by atoms with van der Waals surface area (Å²) >= 11 is 0. The first kappa shape index (κ1) is 14.1. The number of fused-ring (bicyclic) bond motifs is 1. The van der Waals surface area contributed by atoms with Crippen molar-refractivity contribution in [3.63, 3.8) is 0 Å². The van der Waals surface area contributed by atoms with Crippen molar-refractivity contribution in [1.29, 1.82) is 0 Å². The highest BCUT2D eigenvalue weighted by Crippen LogP contribution is 2.21. The van der Waals surface area contributed by atoms with Crippen molar-refractivity contribution >= 4 is 0 Å². The Morgan fingerprint density at radius 1 is 1.05 bits per heavy atom. The number of ether oxygens (including phenoxy) is 1. The van der Waals surface area contributed by atoms with Gasteiger partial charge in [0, 0.05) is 26.2 Å². The number of hydrogen-bond acceptors (Lipinski definition) is 3. The molecule has 0 bridgehead atoms. The van der Waals surface area contributed by atoms with Crippen molar-refractivity contribution in [2.75, 3.05) is 20.2 Å². The van der Waals surface area contributed by atoms with Gasteiger partial charge in [0.15, 0.2) is 0 Å². The summed E-state index contributed by atoms with van der Waals surface area (Å²) in [5.41, 5.74) is 4.16. The maximum absolute atomic E-state index is 5.88. The van der Waals surface area contributed by atoms with Gasteiger partial charge in [-0.05, 0) is 35.9 Å². The molecule has 0 saturated heterocycles. The molecule has 110 valence electrons. The molecule has 0 aliphatic carbocycles. The van der Waals surface area contributed by atoms with Crippen molar-refractivity contribution in [3.8, 4) is 5.75 Å². The van der Waals surface area contributed by atoms with E-state index in [0.29, 0.717) is 0 Å². The van der Waals surface area contributed by atoms with Gasteiger partial charge >= 0.3 is 0 Å². The highest BCUT2D eigenvalue weighted by atomic mass is 16.5. The lowest BCUT2D eigenvalue weighted by Gasteiger charge is -2.15. The molecular weight excluding hydrogens is 260 g/mol. The molecule has 0 unspecified atom stereocenters. The van der Waals surface area contributed by atoms with E-state index in [-0.39, 0.29) is 0 Å². The molecule has 0 atom stereocenters. The maximum atomic E-state index is 5.88. The van der Waals surface area contributed by atoms with Crippen LogP contribution < -0.4 is 10.1 Å². The lowest BCUT2D eigenvalue weighted by atomic mass is 10.1. The van der Waals surface area contributed by atoms with Gasteiger partial charge in [-0.25, -0.2) is 0 Å². The zero-order chi connectivity index (χ0) is 14.5. The molecule has 0 aromatic heterocycles. The molecule has 3 heteroatoms. The topological polar surface area (TPSA) is 24.5 Å². The summed E-state index contributed by atoms with van der Waals surface area (Å²) < 4.78 is 5.88. The molecule has 2 aromatic carbocycles.